The largest absolute Gasteiger partial charge is 0.506 e. The van der Waals surface area contributed by atoms with E-state index in [2.05, 4.69) is 163 Å². The molecule has 0 saturated carbocycles. The summed E-state index contributed by atoms with van der Waals surface area (Å²) in [4.78, 5) is 0. The van der Waals surface area contributed by atoms with Crippen molar-refractivity contribution in [2.45, 2.75) is 6.92 Å². The third-order valence-electron chi connectivity index (χ3n) is 12.7. The quantitative estimate of drug-likeness (QED) is 0.180. The molecule has 0 fully saturated rings. The second kappa shape index (κ2) is 13.0. The number of phenolic OH excluding ortho intramolecular Hbond substituents is 1. The molecule has 13 rings (SSSR count). The Morgan fingerprint density at radius 1 is 0.459 bits per heavy atom. The average Bonchev–Trinajstić information content (AvgIpc) is 3.85. The summed E-state index contributed by atoms with van der Waals surface area (Å²) in [7, 11) is 0. The molecule has 0 aliphatic carbocycles. The predicted octanol–water partition coefficient (Wildman–Crippen LogP) is 12.9. The van der Waals surface area contributed by atoms with Gasteiger partial charge in [-0.25, -0.2) is 0 Å². The van der Waals surface area contributed by atoms with Gasteiger partial charge in [0.1, 0.15) is 28.7 Å². The number of rotatable bonds is 4. The molecular formula is C55H34BNO3S. The highest BCUT2D eigenvalue weighted by molar-refractivity contribution is 7.26. The van der Waals surface area contributed by atoms with Gasteiger partial charge < -0.3 is 19.1 Å². The molecule has 4 heterocycles. The molecule has 2 aliphatic heterocycles. The van der Waals surface area contributed by atoms with Gasteiger partial charge in [0.25, 0.3) is 6.71 Å². The first-order valence-corrected chi connectivity index (χ1v) is 21.5. The normalized spacial score (nSPS) is 12.6. The molecule has 2 aromatic heterocycles. The van der Waals surface area contributed by atoms with Crippen molar-refractivity contribution in [3.05, 3.63) is 188 Å². The number of ether oxygens (including phenoxy) is 2. The fourth-order valence-electron chi connectivity index (χ4n) is 9.89. The number of benzene rings is 9. The number of thiophene rings is 1. The van der Waals surface area contributed by atoms with E-state index in [1.807, 2.05) is 35.6 Å². The van der Waals surface area contributed by atoms with Crippen LogP contribution in [-0.2, 0) is 0 Å². The topological polar surface area (TPSA) is 43.6 Å². The maximum absolute atomic E-state index is 10.9. The first kappa shape index (κ1) is 34.3. The molecule has 0 unspecified atom stereocenters. The van der Waals surface area contributed by atoms with Gasteiger partial charge in [-0.3, -0.25) is 0 Å². The van der Waals surface area contributed by atoms with E-state index >= 15 is 0 Å². The van der Waals surface area contributed by atoms with Crippen molar-refractivity contribution < 1.29 is 14.6 Å². The Labute approximate surface area is 356 Å². The highest BCUT2D eigenvalue weighted by atomic mass is 32.1. The lowest BCUT2D eigenvalue weighted by Gasteiger charge is -2.33. The lowest BCUT2D eigenvalue weighted by Crippen LogP contribution is -2.57. The van der Waals surface area contributed by atoms with Crippen LogP contribution in [0.25, 0.3) is 81.0 Å². The van der Waals surface area contributed by atoms with Crippen molar-refractivity contribution >= 4 is 76.4 Å². The smallest absolute Gasteiger partial charge is 0.260 e. The second-order valence-corrected chi connectivity index (χ2v) is 17.2. The minimum atomic E-state index is 0.0536. The van der Waals surface area contributed by atoms with Crippen molar-refractivity contribution in [3.8, 4) is 67.8 Å². The molecule has 9 aromatic carbocycles. The number of hydrogen-bond donors (Lipinski definition) is 1. The van der Waals surface area contributed by atoms with E-state index in [9.17, 15) is 5.11 Å². The number of para-hydroxylation sites is 4. The molecule has 6 heteroatoms. The van der Waals surface area contributed by atoms with Gasteiger partial charge in [-0.15, -0.1) is 11.3 Å². The minimum absolute atomic E-state index is 0.0536. The summed E-state index contributed by atoms with van der Waals surface area (Å²) in [5.74, 6) is 3.75. The number of hydrogen-bond acceptors (Lipinski definition) is 4. The number of aromatic hydroxyl groups is 1. The Morgan fingerprint density at radius 2 is 1.08 bits per heavy atom. The summed E-state index contributed by atoms with van der Waals surface area (Å²) in [5, 5.41) is 15.7. The van der Waals surface area contributed by atoms with Crippen LogP contribution in [0.2, 0.25) is 0 Å². The molecule has 0 bridgehead atoms. The first-order valence-electron chi connectivity index (χ1n) is 20.7. The van der Waals surface area contributed by atoms with E-state index in [4.69, 9.17) is 9.47 Å². The molecule has 0 saturated heterocycles. The number of nitrogens with zero attached hydrogens (tertiary/aromatic N) is 1. The summed E-state index contributed by atoms with van der Waals surface area (Å²) in [6.07, 6.45) is 0. The van der Waals surface area contributed by atoms with Crippen molar-refractivity contribution in [2.24, 2.45) is 0 Å². The van der Waals surface area contributed by atoms with E-state index in [1.54, 1.807) is 6.07 Å². The van der Waals surface area contributed by atoms with Gasteiger partial charge in [-0.2, -0.15) is 0 Å². The molecule has 286 valence electrons. The van der Waals surface area contributed by atoms with Gasteiger partial charge in [-0.1, -0.05) is 127 Å². The van der Waals surface area contributed by atoms with Gasteiger partial charge in [0.05, 0.1) is 16.7 Å². The zero-order valence-electron chi connectivity index (χ0n) is 33.0. The third-order valence-corrected chi connectivity index (χ3v) is 14.0. The van der Waals surface area contributed by atoms with Crippen LogP contribution >= 0.6 is 11.3 Å². The molecule has 1 N–H and O–H groups in total. The van der Waals surface area contributed by atoms with E-state index in [1.165, 1.54) is 58.9 Å². The molecule has 0 spiro atoms. The number of fused-ring (bicyclic) bond motifs is 10. The van der Waals surface area contributed by atoms with Crippen LogP contribution in [0.5, 0.6) is 28.7 Å². The standard InChI is InChI=1S/C55H34BNO3S/c1-32-20-26-44-50(28-32)60-52-31-36(30-51-53(52)56(44)43-15-3-7-19-49(43)59-51)33-21-23-34(24-22-33)37-11-8-13-40-41-14-9-12-38(55(41)61-54(37)40)35-25-27-46-42(29-35)39-10-2-4-16-45(39)57(46)47-17-5-6-18-48(47)58/h2-31,58H,1H3. The van der Waals surface area contributed by atoms with Crippen LogP contribution in [0.4, 0.5) is 0 Å². The van der Waals surface area contributed by atoms with Crippen molar-refractivity contribution in [1.29, 1.82) is 0 Å². The van der Waals surface area contributed by atoms with Gasteiger partial charge >= 0.3 is 0 Å². The maximum Gasteiger partial charge on any atom is 0.260 e. The van der Waals surface area contributed by atoms with Crippen LogP contribution < -0.4 is 25.9 Å². The highest BCUT2D eigenvalue weighted by Crippen LogP contribution is 2.46. The van der Waals surface area contributed by atoms with Crippen LogP contribution in [0, 0.1) is 6.92 Å². The maximum atomic E-state index is 10.9. The lowest BCUT2D eigenvalue weighted by molar-refractivity contribution is 0.464. The number of aromatic nitrogens is 1. The summed E-state index contributed by atoms with van der Waals surface area (Å²) in [6.45, 7) is 2.16. The van der Waals surface area contributed by atoms with Gasteiger partial charge in [-0.05, 0) is 111 Å². The lowest BCUT2D eigenvalue weighted by atomic mass is 9.35. The Bertz CT molecular complexity index is 3640. The van der Waals surface area contributed by atoms with Crippen molar-refractivity contribution in [2.75, 3.05) is 0 Å². The van der Waals surface area contributed by atoms with E-state index < -0.39 is 0 Å². The fourth-order valence-corrected chi connectivity index (χ4v) is 11.3. The monoisotopic (exact) mass is 799 g/mol. The highest BCUT2D eigenvalue weighted by Gasteiger charge is 2.40. The summed E-state index contributed by atoms with van der Waals surface area (Å²) in [5.41, 5.74) is 14.4. The SMILES string of the molecule is Cc1ccc2c(c1)Oc1cc(-c3ccc(-c4cccc5c4sc4c(-c6ccc7c(c6)c6ccccc6n7-c6ccccc6O)cccc45)cc3)cc3c1B2c1ccccc1O3. The van der Waals surface area contributed by atoms with Crippen LogP contribution in [0.1, 0.15) is 5.56 Å². The molecule has 4 nitrogen and oxygen atoms in total. The Balaban J connectivity index is 0.895. The summed E-state index contributed by atoms with van der Waals surface area (Å²) >= 11 is 1.86. The third kappa shape index (κ3) is 5.12. The molecule has 61 heavy (non-hydrogen) atoms. The van der Waals surface area contributed by atoms with Crippen LogP contribution in [0.15, 0.2) is 182 Å². The van der Waals surface area contributed by atoms with Crippen molar-refractivity contribution in [3.63, 3.8) is 0 Å². The number of aryl methyl sites for hydroxylation is 1. The molecule has 0 radical (unpaired) electrons. The van der Waals surface area contributed by atoms with Crippen LogP contribution in [0.3, 0.4) is 0 Å². The molecular weight excluding hydrogens is 765 g/mol. The predicted molar refractivity (Wildman–Crippen MR) is 254 cm³/mol. The zero-order valence-corrected chi connectivity index (χ0v) is 33.8. The molecule has 0 amide bonds. The average molecular weight is 800 g/mol. The van der Waals surface area contributed by atoms with E-state index in [0.717, 1.165) is 67.1 Å². The Kier molecular flexibility index (Phi) is 7.31. The second-order valence-electron chi connectivity index (χ2n) is 16.2. The fraction of sp³-hybridized carbons (Fsp3) is 0.0182. The summed E-state index contributed by atoms with van der Waals surface area (Å²) < 4.78 is 18.0. The Hall–Kier alpha value is -7.54. The molecule has 0 atom stereocenters. The van der Waals surface area contributed by atoms with E-state index in [0.29, 0.717) is 0 Å². The van der Waals surface area contributed by atoms with Crippen LogP contribution in [-0.4, -0.2) is 16.4 Å². The summed E-state index contributed by atoms with van der Waals surface area (Å²) in [6, 6.07) is 64.3. The first-order chi connectivity index (χ1) is 30.1. The van der Waals surface area contributed by atoms with Gasteiger partial charge in [0, 0.05) is 36.4 Å². The van der Waals surface area contributed by atoms with E-state index in [-0.39, 0.29) is 12.5 Å². The Morgan fingerprint density at radius 3 is 1.89 bits per heavy atom. The zero-order chi connectivity index (χ0) is 40.3. The molecule has 2 aliphatic rings. The van der Waals surface area contributed by atoms with Crippen molar-refractivity contribution in [1.82, 2.24) is 4.57 Å². The number of phenols is 1. The minimum Gasteiger partial charge on any atom is -0.506 e. The van der Waals surface area contributed by atoms with Gasteiger partial charge in [0.15, 0.2) is 0 Å². The van der Waals surface area contributed by atoms with Gasteiger partial charge in [0.2, 0.25) is 0 Å². The molecule has 11 aromatic rings.